The first-order valence-electron chi connectivity index (χ1n) is 10.6. The van der Waals surface area contributed by atoms with Crippen molar-refractivity contribution in [3.8, 4) is 0 Å². The van der Waals surface area contributed by atoms with Crippen LogP contribution in [0.25, 0.3) is 0 Å². The summed E-state index contributed by atoms with van der Waals surface area (Å²) in [4.78, 5) is 0. The van der Waals surface area contributed by atoms with Crippen LogP contribution in [-0.4, -0.2) is 174 Å². The lowest BCUT2D eigenvalue weighted by Gasteiger charge is -2.44. The third-order valence-corrected chi connectivity index (χ3v) is 6.16. The van der Waals surface area contributed by atoms with Gasteiger partial charge < -0.3 is 85.3 Å². The van der Waals surface area contributed by atoms with Crippen LogP contribution < -0.4 is 0 Å². The molecule has 208 valence electrons. The van der Waals surface area contributed by atoms with Crippen LogP contribution in [0.4, 0.5) is 0 Å². The first kappa shape index (κ1) is 30.5. The van der Waals surface area contributed by atoms with Gasteiger partial charge in [0.05, 0.1) is 19.8 Å². The summed E-state index contributed by atoms with van der Waals surface area (Å²) in [6.07, 6.45) is -21.8. The van der Waals surface area contributed by atoms with Crippen LogP contribution >= 0.6 is 0 Å². The SMILES string of the molecule is O.OCC1OC(OCC2OC(OC3(CO)OC(CO)C(O)C3O)C(O)C(O)C2O)C(O)C(O)C1O. The molecule has 14 unspecified atom stereocenters. The number of aliphatic hydroxyl groups is 11. The predicted octanol–water partition coefficient (Wildman–Crippen LogP) is -8.40. The van der Waals surface area contributed by atoms with E-state index in [1.54, 1.807) is 0 Å². The van der Waals surface area contributed by atoms with Crippen LogP contribution in [0.2, 0.25) is 0 Å². The lowest BCUT2D eigenvalue weighted by Crippen LogP contribution is -2.63. The molecule has 0 bridgehead atoms. The van der Waals surface area contributed by atoms with Crippen molar-refractivity contribution in [1.29, 1.82) is 0 Å². The zero-order valence-electron chi connectivity index (χ0n) is 18.3. The first-order chi connectivity index (χ1) is 16.0. The molecule has 0 aliphatic carbocycles. The maximum absolute atomic E-state index is 10.3. The van der Waals surface area contributed by atoms with Crippen LogP contribution in [0.1, 0.15) is 0 Å². The van der Waals surface area contributed by atoms with Gasteiger partial charge in [0.1, 0.15) is 73.8 Å². The molecular formula is C18H34O17. The van der Waals surface area contributed by atoms with E-state index in [0.29, 0.717) is 0 Å². The number of rotatable bonds is 8. The Morgan fingerprint density at radius 3 is 1.63 bits per heavy atom. The van der Waals surface area contributed by atoms with Crippen molar-refractivity contribution in [3.05, 3.63) is 0 Å². The molecule has 3 saturated heterocycles. The van der Waals surface area contributed by atoms with E-state index in [9.17, 15) is 56.2 Å². The first-order valence-corrected chi connectivity index (χ1v) is 10.6. The second kappa shape index (κ2) is 12.2. The van der Waals surface area contributed by atoms with Crippen LogP contribution in [0.3, 0.4) is 0 Å². The Balaban J connectivity index is 0.00000432. The fourth-order valence-corrected chi connectivity index (χ4v) is 4.01. The maximum atomic E-state index is 10.3. The molecular weight excluding hydrogens is 488 g/mol. The summed E-state index contributed by atoms with van der Waals surface area (Å²) in [6, 6.07) is 0. The highest BCUT2D eigenvalue weighted by molar-refractivity contribution is 4.98. The topological polar surface area (TPSA) is 300 Å². The molecule has 0 aromatic rings. The van der Waals surface area contributed by atoms with E-state index in [2.05, 4.69) is 0 Å². The van der Waals surface area contributed by atoms with E-state index in [4.69, 9.17) is 23.7 Å². The Morgan fingerprint density at radius 1 is 0.600 bits per heavy atom. The highest BCUT2D eigenvalue weighted by Gasteiger charge is 2.58. The smallest absolute Gasteiger partial charge is 0.224 e. The van der Waals surface area contributed by atoms with Gasteiger partial charge in [0.15, 0.2) is 12.6 Å². The van der Waals surface area contributed by atoms with Gasteiger partial charge in [-0.2, -0.15) is 0 Å². The molecule has 0 aromatic heterocycles. The molecule has 0 spiro atoms. The van der Waals surface area contributed by atoms with Gasteiger partial charge in [-0.05, 0) is 0 Å². The standard InChI is InChI=1S/C18H32O16.H2O/c19-1-5-8(22)11(25)13(27)16(31-5)30-3-7-9(23)12(26)14(28)17(32-7)34-18(4-21)15(29)10(24)6(2-20)33-18;/h5-17,19-29H,1-4H2;1H2. The molecule has 35 heavy (non-hydrogen) atoms. The molecule has 17 heteroatoms. The quantitative estimate of drug-likeness (QED) is 0.141. The molecule has 3 heterocycles. The van der Waals surface area contributed by atoms with Gasteiger partial charge in [-0.25, -0.2) is 0 Å². The zero-order valence-corrected chi connectivity index (χ0v) is 18.3. The van der Waals surface area contributed by atoms with Crippen LogP contribution in [-0.2, 0) is 23.7 Å². The van der Waals surface area contributed by atoms with E-state index < -0.39 is 112 Å². The summed E-state index contributed by atoms with van der Waals surface area (Å²) in [5, 5.41) is 109. The number of hydrogen-bond acceptors (Lipinski definition) is 16. The minimum atomic E-state index is -2.36. The van der Waals surface area contributed by atoms with Crippen molar-refractivity contribution in [3.63, 3.8) is 0 Å². The maximum Gasteiger partial charge on any atom is 0.224 e. The van der Waals surface area contributed by atoms with Crippen molar-refractivity contribution < 1.29 is 85.3 Å². The van der Waals surface area contributed by atoms with E-state index >= 15 is 0 Å². The van der Waals surface area contributed by atoms with Crippen molar-refractivity contribution in [1.82, 2.24) is 0 Å². The predicted molar refractivity (Wildman–Crippen MR) is 105 cm³/mol. The third-order valence-electron chi connectivity index (χ3n) is 6.16. The minimum absolute atomic E-state index is 0. The van der Waals surface area contributed by atoms with Crippen molar-refractivity contribution in [2.24, 2.45) is 0 Å². The monoisotopic (exact) mass is 522 g/mol. The summed E-state index contributed by atoms with van der Waals surface area (Å²) < 4.78 is 26.4. The van der Waals surface area contributed by atoms with Crippen molar-refractivity contribution in [2.75, 3.05) is 26.4 Å². The summed E-state index contributed by atoms with van der Waals surface area (Å²) in [5.41, 5.74) is 0. The Kier molecular flexibility index (Phi) is 10.7. The third kappa shape index (κ3) is 5.76. The van der Waals surface area contributed by atoms with Gasteiger partial charge in [0, 0.05) is 0 Å². The van der Waals surface area contributed by atoms with Gasteiger partial charge in [-0.15, -0.1) is 0 Å². The minimum Gasteiger partial charge on any atom is -0.412 e. The molecule has 17 nitrogen and oxygen atoms in total. The molecule has 14 atom stereocenters. The van der Waals surface area contributed by atoms with Gasteiger partial charge in [-0.3, -0.25) is 0 Å². The molecule has 3 aliphatic heterocycles. The average molecular weight is 522 g/mol. The highest BCUT2D eigenvalue weighted by atomic mass is 16.8. The van der Waals surface area contributed by atoms with Gasteiger partial charge in [0.25, 0.3) is 0 Å². The van der Waals surface area contributed by atoms with Crippen LogP contribution in [0, 0.1) is 0 Å². The van der Waals surface area contributed by atoms with E-state index in [-0.39, 0.29) is 5.48 Å². The summed E-state index contributed by atoms with van der Waals surface area (Å²) >= 11 is 0. The second-order valence-corrected chi connectivity index (χ2v) is 8.41. The second-order valence-electron chi connectivity index (χ2n) is 8.41. The molecule has 3 aliphatic rings. The van der Waals surface area contributed by atoms with Gasteiger partial charge in [0.2, 0.25) is 5.79 Å². The number of aliphatic hydroxyl groups excluding tert-OH is 11. The Bertz CT molecular complexity index is 655. The Labute approximate surface area is 198 Å². The molecule has 3 rings (SSSR count). The highest BCUT2D eigenvalue weighted by Crippen LogP contribution is 2.36. The summed E-state index contributed by atoms with van der Waals surface area (Å²) in [5.74, 6) is -2.36. The van der Waals surface area contributed by atoms with E-state index in [0.717, 1.165) is 0 Å². The summed E-state index contributed by atoms with van der Waals surface area (Å²) in [7, 11) is 0. The van der Waals surface area contributed by atoms with E-state index in [1.165, 1.54) is 0 Å². The molecule has 0 aromatic carbocycles. The van der Waals surface area contributed by atoms with E-state index in [1.807, 2.05) is 0 Å². The molecule has 0 saturated carbocycles. The molecule has 3 fully saturated rings. The number of ether oxygens (including phenoxy) is 5. The van der Waals surface area contributed by atoms with Crippen molar-refractivity contribution in [2.45, 2.75) is 85.5 Å². The van der Waals surface area contributed by atoms with Crippen LogP contribution in [0.5, 0.6) is 0 Å². The normalized spacial score (nSPS) is 50.7. The lowest BCUT2D eigenvalue weighted by atomic mass is 9.98. The molecule has 0 radical (unpaired) electrons. The number of hydrogen-bond donors (Lipinski definition) is 11. The largest absolute Gasteiger partial charge is 0.412 e. The average Bonchev–Trinajstić information content (AvgIpc) is 3.08. The van der Waals surface area contributed by atoms with Crippen LogP contribution in [0.15, 0.2) is 0 Å². The molecule has 0 amide bonds. The zero-order chi connectivity index (χ0) is 25.4. The van der Waals surface area contributed by atoms with Gasteiger partial charge >= 0.3 is 0 Å². The Morgan fingerprint density at radius 2 is 1.11 bits per heavy atom. The fraction of sp³-hybridized carbons (Fsp3) is 1.00. The molecule has 13 N–H and O–H groups in total. The van der Waals surface area contributed by atoms with Gasteiger partial charge in [-0.1, -0.05) is 0 Å². The fourth-order valence-electron chi connectivity index (χ4n) is 4.01. The lowest BCUT2D eigenvalue weighted by molar-refractivity contribution is -0.388. The van der Waals surface area contributed by atoms with Crippen molar-refractivity contribution >= 4 is 0 Å². The summed E-state index contributed by atoms with van der Waals surface area (Å²) in [6.45, 7) is -3.14. The Hall–Kier alpha value is -0.680.